The van der Waals surface area contributed by atoms with Crippen LogP contribution in [0.1, 0.15) is 87.7 Å². The lowest BCUT2D eigenvalue weighted by molar-refractivity contribution is -0.124. The molecule has 0 radical (unpaired) electrons. The summed E-state index contributed by atoms with van der Waals surface area (Å²) in [6.45, 7) is 1.53. The van der Waals surface area contributed by atoms with Crippen LogP contribution in [0.25, 0.3) is 0 Å². The number of ether oxygens (including phenoxy) is 1. The number of rotatable bonds is 8. The van der Waals surface area contributed by atoms with E-state index < -0.39 is 0 Å². The van der Waals surface area contributed by atoms with Gasteiger partial charge in [-0.2, -0.15) is 0 Å². The Hall–Kier alpha value is -1.15. The third-order valence-corrected chi connectivity index (χ3v) is 5.85. The van der Waals surface area contributed by atoms with Gasteiger partial charge in [-0.25, -0.2) is 0 Å². The highest BCUT2D eigenvalue weighted by Crippen LogP contribution is 2.34. The summed E-state index contributed by atoms with van der Waals surface area (Å²) < 4.78 is 5.82. The van der Waals surface area contributed by atoms with Crippen molar-refractivity contribution in [1.82, 2.24) is 0 Å². The lowest BCUT2D eigenvalue weighted by Gasteiger charge is -2.20. The Bertz CT molecular complexity index is 499. The molecule has 2 heteroatoms. The predicted octanol–water partition coefficient (Wildman–Crippen LogP) is 5.79. The van der Waals surface area contributed by atoms with E-state index in [0.29, 0.717) is 18.3 Å². The van der Waals surface area contributed by atoms with Crippen LogP contribution in [0.15, 0.2) is 24.3 Å². The molecule has 0 N–H and O–H groups in total. The Morgan fingerprint density at radius 1 is 0.917 bits per heavy atom. The molecule has 3 rings (SSSR count). The fourth-order valence-electron chi connectivity index (χ4n) is 4.29. The summed E-state index contributed by atoms with van der Waals surface area (Å²) in [4.78, 5) is 11.8. The maximum absolute atomic E-state index is 11.8. The molecule has 0 aromatic heterocycles. The van der Waals surface area contributed by atoms with Crippen LogP contribution >= 0.6 is 0 Å². The van der Waals surface area contributed by atoms with E-state index in [1.54, 1.807) is 0 Å². The van der Waals surface area contributed by atoms with Gasteiger partial charge in [0.05, 0.1) is 6.61 Å². The normalized spacial score (nSPS) is 22.2. The van der Waals surface area contributed by atoms with Gasteiger partial charge in [0.15, 0.2) is 0 Å². The molecule has 2 nitrogen and oxygen atoms in total. The van der Waals surface area contributed by atoms with Gasteiger partial charge in [0, 0.05) is 18.9 Å². The van der Waals surface area contributed by atoms with Gasteiger partial charge in [-0.05, 0) is 55.6 Å². The summed E-state index contributed by atoms with van der Waals surface area (Å²) in [6, 6.07) is 9.05. The monoisotopic (exact) mass is 328 g/mol. The molecule has 1 atom stereocenters. The van der Waals surface area contributed by atoms with E-state index in [0.717, 1.165) is 51.0 Å². The van der Waals surface area contributed by atoms with E-state index in [-0.39, 0.29) is 0 Å². The zero-order valence-corrected chi connectivity index (χ0v) is 15.0. The van der Waals surface area contributed by atoms with Crippen molar-refractivity contribution in [1.29, 1.82) is 0 Å². The minimum atomic E-state index is 0.349. The maximum Gasteiger partial charge on any atom is 0.135 e. The molecule has 2 fully saturated rings. The van der Waals surface area contributed by atoms with Crippen LogP contribution in [0.2, 0.25) is 0 Å². The number of benzene rings is 1. The molecule has 0 unspecified atom stereocenters. The van der Waals surface area contributed by atoms with Gasteiger partial charge in [0.2, 0.25) is 0 Å². The molecule has 1 aromatic rings. The van der Waals surface area contributed by atoms with Crippen molar-refractivity contribution in [2.45, 2.75) is 83.2 Å². The van der Waals surface area contributed by atoms with E-state index in [1.165, 1.54) is 43.2 Å². The topological polar surface area (TPSA) is 26.3 Å². The van der Waals surface area contributed by atoms with Gasteiger partial charge in [-0.15, -0.1) is 0 Å². The molecule has 1 aromatic carbocycles. The van der Waals surface area contributed by atoms with Crippen molar-refractivity contribution < 1.29 is 9.53 Å². The summed E-state index contributed by atoms with van der Waals surface area (Å²) in [5.41, 5.74) is 2.78. The second kappa shape index (κ2) is 9.36. The molecule has 24 heavy (non-hydrogen) atoms. The van der Waals surface area contributed by atoms with E-state index in [9.17, 15) is 4.79 Å². The van der Waals surface area contributed by atoms with Crippen molar-refractivity contribution in [2.75, 3.05) is 6.61 Å². The fraction of sp³-hybridized carbons (Fsp3) is 0.682. The van der Waals surface area contributed by atoms with E-state index in [4.69, 9.17) is 4.74 Å². The summed E-state index contributed by atoms with van der Waals surface area (Å²) in [5, 5.41) is 0. The lowest BCUT2D eigenvalue weighted by Crippen LogP contribution is -2.18. The number of hydrogen-bond donors (Lipinski definition) is 0. The SMILES string of the molecule is O=C1CCCC[C@@H]1CCCCOCc1ccc(C2CCCC2)cc1. The first-order chi connectivity index (χ1) is 11.8. The second-order valence-electron chi connectivity index (χ2n) is 7.68. The molecular formula is C22H32O2. The van der Waals surface area contributed by atoms with Crippen molar-refractivity contribution in [2.24, 2.45) is 5.92 Å². The molecule has 0 amide bonds. The van der Waals surface area contributed by atoms with Crippen LogP contribution < -0.4 is 0 Å². The Morgan fingerprint density at radius 2 is 1.67 bits per heavy atom. The Morgan fingerprint density at radius 3 is 2.42 bits per heavy atom. The average molecular weight is 328 g/mol. The van der Waals surface area contributed by atoms with Crippen molar-refractivity contribution in [3.63, 3.8) is 0 Å². The predicted molar refractivity (Wildman–Crippen MR) is 98.1 cm³/mol. The molecule has 0 saturated heterocycles. The summed E-state index contributed by atoms with van der Waals surface area (Å²) in [7, 11) is 0. The van der Waals surface area contributed by atoms with Crippen LogP contribution in [0, 0.1) is 5.92 Å². The van der Waals surface area contributed by atoms with Crippen LogP contribution in [0.4, 0.5) is 0 Å². The molecular weight excluding hydrogens is 296 g/mol. The average Bonchev–Trinajstić information content (AvgIpc) is 3.14. The van der Waals surface area contributed by atoms with Crippen LogP contribution in [-0.2, 0) is 16.1 Å². The van der Waals surface area contributed by atoms with Crippen molar-refractivity contribution in [3.05, 3.63) is 35.4 Å². The zero-order valence-electron chi connectivity index (χ0n) is 15.0. The first kappa shape index (κ1) is 17.7. The highest BCUT2D eigenvalue weighted by Gasteiger charge is 2.21. The summed E-state index contributed by atoms with van der Waals surface area (Å²) in [6.07, 6.45) is 13.1. The molecule has 0 heterocycles. The Balaban J connectivity index is 1.28. The van der Waals surface area contributed by atoms with Gasteiger partial charge in [0.25, 0.3) is 0 Å². The number of carbonyl (C=O) groups excluding carboxylic acids is 1. The third kappa shape index (κ3) is 5.17. The largest absolute Gasteiger partial charge is 0.377 e. The van der Waals surface area contributed by atoms with E-state index in [1.807, 2.05) is 0 Å². The quantitative estimate of drug-likeness (QED) is 0.564. The standard InChI is InChI=1S/C22H32O2/c23-22-11-4-3-9-21(22)10-5-6-16-24-17-18-12-14-20(15-13-18)19-7-1-2-8-19/h12-15,19,21H,1-11,16-17H2/t21-/m1/s1. The maximum atomic E-state index is 11.8. The zero-order chi connectivity index (χ0) is 16.6. The van der Waals surface area contributed by atoms with Gasteiger partial charge in [-0.3, -0.25) is 4.79 Å². The first-order valence-electron chi connectivity index (χ1n) is 10.0. The molecule has 2 aliphatic rings. The second-order valence-corrected chi connectivity index (χ2v) is 7.68. The van der Waals surface area contributed by atoms with Crippen LogP contribution in [0.3, 0.4) is 0 Å². The van der Waals surface area contributed by atoms with Crippen LogP contribution in [-0.4, -0.2) is 12.4 Å². The fourth-order valence-corrected chi connectivity index (χ4v) is 4.29. The minimum absolute atomic E-state index is 0.349. The number of Topliss-reactive ketones (excluding diaryl/α,β-unsaturated/α-hetero) is 1. The number of carbonyl (C=O) groups is 1. The third-order valence-electron chi connectivity index (χ3n) is 5.85. The van der Waals surface area contributed by atoms with Crippen LogP contribution in [0.5, 0.6) is 0 Å². The van der Waals surface area contributed by atoms with Gasteiger partial charge in [0.1, 0.15) is 5.78 Å². The Kier molecular flexibility index (Phi) is 6.89. The Labute approximate surface area is 147 Å². The van der Waals surface area contributed by atoms with Gasteiger partial charge >= 0.3 is 0 Å². The van der Waals surface area contributed by atoms with Gasteiger partial charge in [-0.1, -0.05) is 49.9 Å². The van der Waals surface area contributed by atoms with Crippen molar-refractivity contribution >= 4 is 5.78 Å². The number of hydrogen-bond acceptors (Lipinski definition) is 2. The molecule has 0 bridgehead atoms. The number of ketones is 1. The molecule has 2 aliphatic carbocycles. The first-order valence-corrected chi connectivity index (χ1v) is 10.0. The highest BCUT2D eigenvalue weighted by atomic mass is 16.5. The molecule has 132 valence electrons. The summed E-state index contributed by atoms with van der Waals surface area (Å²) >= 11 is 0. The molecule has 0 aliphatic heterocycles. The van der Waals surface area contributed by atoms with Crippen molar-refractivity contribution in [3.8, 4) is 0 Å². The number of unbranched alkanes of at least 4 members (excludes halogenated alkanes) is 1. The molecule has 0 spiro atoms. The van der Waals surface area contributed by atoms with E-state index in [2.05, 4.69) is 24.3 Å². The lowest BCUT2D eigenvalue weighted by atomic mass is 9.85. The molecule has 2 saturated carbocycles. The summed E-state index contributed by atoms with van der Waals surface area (Å²) in [5.74, 6) is 1.65. The highest BCUT2D eigenvalue weighted by molar-refractivity contribution is 5.81. The minimum Gasteiger partial charge on any atom is -0.377 e. The smallest absolute Gasteiger partial charge is 0.135 e. The van der Waals surface area contributed by atoms with Gasteiger partial charge < -0.3 is 4.74 Å². The van der Waals surface area contributed by atoms with E-state index >= 15 is 0 Å².